The van der Waals surface area contributed by atoms with Crippen molar-refractivity contribution < 1.29 is 9.53 Å². The Morgan fingerprint density at radius 2 is 2.00 bits per heavy atom. The van der Waals surface area contributed by atoms with Gasteiger partial charge >= 0.3 is 5.97 Å². The number of ether oxygens (including phenoxy) is 1. The Morgan fingerprint density at radius 1 is 1.44 bits per heavy atom. The van der Waals surface area contributed by atoms with Crippen LogP contribution in [0.4, 0.5) is 0 Å². The topological polar surface area (TPSA) is 38.3 Å². The van der Waals surface area contributed by atoms with Gasteiger partial charge in [-0.2, -0.15) is 0 Å². The molecule has 1 N–H and O–H groups in total. The van der Waals surface area contributed by atoms with Crippen LogP contribution in [0.3, 0.4) is 0 Å². The first kappa shape index (κ1) is 13.5. The fraction of sp³-hybridized carbons (Fsp3) is 0.923. The maximum Gasteiger partial charge on any atom is 0.323 e. The molecule has 16 heavy (non-hydrogen) atoms. The van der Waals surface area contributed by atoms with Crippen molar-refractivity contribution in [1.82, 2.24) is 5.32 Å². The summed E-state index contributed by atoms with van der Waals surface area (Å²) in [7, 11) is 0. The molecule has 0 spiro atoms. The smallest absolute Gasteiger partial charge is 0.323 e. The van der Waals surface area contributed by atoms with Crippen molar-refractivity contribution in [3.8, 4) is 0 Å². The molecule has 94 valence electrons. The van der Waals surface area contributed by atoms with E-state index in [1.54, 1.807) is 0 Å². The van der Waals surface area contributed by atoms with Gasteiger partial charge in [-0.15, -0.1) is 0 Å². The summed E-state index contributed by atoms with van der Waals surface area (Å²) in [6.07, 6.45) is 4.70. The number of carbonyl (C=O) groups excluding carboxylic acids is 1. The highest BCUT2D eigenvalue weighted by Crippen LogP contribution is 2.35. The van der Waals surface area contributed by atoms with E-state index < -0.39 is 5.60 Å². The van der Waals surface area contributed by atoms with Gasteiger partial charge in [-0.3, -0.25) is 10.1 Å². The first-order valence-electron chi connectivity index (χ1n) is 6.28. The van der Waals surface area contributed by atoms with Crippen molar-refractivity contribution in [2.45, 2.75) is 77.5 Å². The molecule has 0 radical (unpaired) electrons. The molecule has 3 nitrogen and oxygen atoms in total. The zero-order valence-electron chi connectivity index (χ0n) is 11.2. The molecule has 0 aromatic carbocycles. The quantitative estimate of drug-likeness (QED) is 0.750. The Balaban J connectivity index is 2.45. The minimum absolute atomic E-state index is 0.146. The van der Waals surface area contributed by atoms with Gasteiger partial charge < -0.3 is 4.74 Å². The average Bonchev–Trinajstić information content (AvgIpc) is 2.08. The molecule has 0 saturated heterocycles. The van der Waals surface area contributed by atoms with Gasteiger partial charge in [0.15, 0.2) is 0 Å². The molecule has 0 aliphatic heterocycles. The minimum atomic E-state index is -0.397. The molecule has 1 rings (SSSR count). The van der Waals surface area contributed by atoms with E-state index in [1.807, 2.05) is 27.7 Å². The van der Waals surface area contributed by atoms with Gasteiger partial charge in [0.05, 0.1) is 0 Å². The average molecular weight is 227 g/mol. The van der Waals surface area contributed by atoms with Gasteiger partial charge in [0.25, 0.3) is 0 Å². The van der Waals surface area contributed by atoms with Crippen LogP contribution in [0.1, 0.15) is 60.3 Å². The van der Waals surface area contributed by atoms with Crippen LogP contribution in [0.25, 0.3) is 0 Å². The highest BCUT2D eigenvalue weighted by Gasteiger charge is 2.37. The Bertz CT molecular complexity index is 246. The van der Waals surface area contributed by atoms with E-state index in [4.69, 9.17) is 4.74 Å². The molecule has 1 aliphatic rings. The van der Waals surface area contributed by atoms with Gasteiger partial charge in [0.2, 0.25) is 0 Å². The third kappa shape index (κ3) is 3.48. The van der Waals surface area contributed by atoms with Gasteiger partial charge in [0, 0.05) is 5.54 Å². The predicted molar refractivity (Wildman–Crippen MR) is 65.3 cm³/mol. The summed E-state index contributed by atoms with van der Waals surface area (Å²) in [6.45, 7) is 9.77. The van der Waals surface area contributed by atoms with Crippen molar-refractivity contribution in [1.29, 1.82) is 0 Å². The lowest BCUT2D eigenvalue weighted by Crippen LogP contribution is -2.56. The molecular formula is C13H25NO2. The van der Waals surface area contributed by atoms with Gasteiger partial charge in [0.1, 0.15) is 11.6 Å². The van der Waals surface area contributed by atoms with Crippen LogP contribution < -0.4 is 5.32 Å². The summed E-state index contributed by atoms with van der Waals surface area (Å²) in [5.74, 6) is -0.146. The Morgan fingerprint density at radius 3 is 2.31 bits per heavy atom. The van der Waals surface area contributed by atoms with Crippen LogP contribution in [0.2, 0.25) is 0 Å². The van der Waals surface area contributed by atoms with Crippen LogP contribution in [0.15, 0.2) is 0 Å². The molecule has 3 heteroatoms. The second-order valence-corrected chi connectivity index (χ2v) is 5.89. The van der Waals surface area contributed by atoms with E-state index in [2.05, 4.69) is 12.2 Å². The number of hydrogen-bond donors (Lipinski definition) is 1. The van der Waals surface area contributed by atoms with Crippen molar-refractivity contribution in [2.75, 3.05) is 0 Å². The van der Waals surface area contributed by atoms with E-state index in [9.17, 15) is 4.79 Å². The van der Waals surface area contributed by atoms with Crippen LogP contribution in [0, 0.1) is 0 Å². The largest absolute Gasteiger partial charge is 0.459 e. The lowest BCUT2D eigenvalue weighted by molar-refractivity contribution is -0.158. The second-order valence-electron chi connectivity index (χ2n) is 5.89. The summed E-state index contributed by atoms with van der Waals surface area (Å²) >= 11 is 0. The summed E-state index contributed by atoms with van der Waals surface area (Å²) in [5, 5.41) is 3.43. The molecule has 1 saturated carbocycles. The normalized spacial score (nSPS) is 21.1. The lowest BCUT2D eigenvalue weighted by atomic mass is 9.74. The molecule has 0 aromatic rings. The monoisotopic (exact) mass is 227 g/mol. The summed E-state index contributed by atoms with van der Waals surface area (Å²) in [5.41, 5.74) is -0.206. The van der Waals surface area contributed by atoms with Gasteiger partial charge in [-0.25, -0.2) is 0 Å². The summed E-state index contributed by atoms with van der Waals surface area (Å²) in [6, 6.07) is -0.209. The molecule has 1 fully saturated rings. The zero-order chi connectivity index (χ0) is 12.4. The molecule has 0 heterocycles. The minimum Gasteiger partial charge on any atom is -0.459 e. The number of carbonyl (C=O) groups is 1. The van der Waals surface area contributed by atoms with Gasteiger partial charge in [-0.1, -0.05) is 6.92 Å². The highest BCUT2D eigenvalue weighted by atomic mass is 16.6. The fourth-order valence-electron chi connectivity index (χ4n) is 2.11. The molecule has 1 aliphatic carbocycles. The predicted octanol–water partition coefficient (Wildman–Crippen LogP) is 2.64. The lowest BCUT2D eigenvalue weighted by Gasteiger charge is -2.44. The summed E-state index contributed by atoms with van der Waals surface area (Å²) in [4.78, 5) is 11.8. The van der Waals surface area contributed by atoms with E-state index in [0.29, 0.717) is 0 Å². The SMILES string of the molecule is CCC1(NC(C)C(=O)OC(C)(C)C)CCC1. The van der Waals surface area contributed by atoms with E-state index in [-0.39, 0.29) is 17.6 Å². The van der Waals surface area contributed by atoms with E-state index in [0.717, 1.165) is 6.42 Å². The van der Waals surface area contributed by atoms with Crippen molar-refractivity contribution in [3.63, 3.8) is 0 Å². The molecule has 1 atom stereocenters. The van der Waals surface area contributed by atoms with Crippen LogP contribution in [0.5, 0.6) is 0 Å². The maximum atomic E-state index is 11.8. The Kier molecular flexibility index (Phi) is 4.00. The molecular weight excluding hydrogens is 202 g/mol. The van der Waals surface area contributed by atoms with E-state index in [1.165, 1.54) is 19.3 Å². The number of esters is 1. The third-order valence-corrected chi connectivity index (χ3v) is 3.27. The fourth-order valence-corrected chi connectivity index (χ4v) is 2.11. The Hall–Kier alpha value is -0.570. The summed E-state index contributed by atoms with van der Waals surface area (Å²) < 4.78 is 5.36. The first-order valence-corrected chi connectivity index (χ1v) is 6.28. The molecule has 0 amide bonds. The van der Waals surface area contributed by atoms with Crippen molar-refractivity contribution >= 4 is 5.97 Å². The number of rotatable bonds is 4. The van der Waals surface area contributed by atoms with Gasteiger partial charge in [-0.05, 0) is 53.4 Å². The molecule has 1 unspecified atom stereocenters. The first-order chi connectivity index (χ1) is 7.28. The number of nitrogens with one attached hydrogen (secondary N) is 1. The standard InChI is InChI=1S/C13H25NO2/c1-6-13(8-7-9-13)14-10(2)11(15)16-12(3,4)5/h10,14H,6-9H2,1-5H3. The van der Waals surface area contributed by atoms with Crippen molar-refractivity contribution in [3.05, 3.63) is 0 Å². The molecule has 0 bridgehead atoms. The van der Waals surface area contributed by atoms with Crippen molar-refractivity contribution in [2.24, 2.45) is 0 Å². The number of hydrogen-bond acceptors (Lipinski definition) is 3. The third-order valence-electron chi connectivity index (χ3n) is 3.27. The zero-order valence-corrected chi connectivity index (χ0v) is 11.2. The highest BCUT2D eigenvalue weighted by molar-refractivity contribution is 5.75. The molecule has 0 aromatic heterocycles. The van der Waals surface area contributed by atoms with E-state index >= 15 is 0 Å². The maximum absolute atomic E-state index is 11.8. The van der Waals surface area contributed by atoms with Crippen LogP contribution >= 0.6 is 0 Å². The van der Waals surface area contributed by atoms with Crippen LogP contribution in [-0.4, -0.2) is 23.2 Å². The second kappa shape index (κ2) is 4.74. The van der Waals surface area contributed by atoms with Crippen LogP contribution in [-0.2, 0) is 9.53 Å². The Labute approximate surface area is 98.9 Å².